The number of halogens is 1. The number of benzene rings is 4. The standard InChI is InChI=1S/C38H31FN2O5/c1-44-33-21-34(45-2)36-31(42)20-32(29-23-41(27-8-4-3-5-9-27)30-11-7-6-10-28(30)37(29)43)46-38(36)35(33)25-16-18-40(19-17-25)22-24-12-14-26(39)15-13-24/h3-16,20-21,23H,17-19,22H2,1-2H3. The first-order chi connectivity index (χ1) is 22.4. The number of methoxy groups -OCH3 is 2. The fourth-order valence-electron chi connectivity index (χ4n) is 6.22. The molecule has 6 aromatic rings. The highest BCUT2D eigenvalue weighted by Crippen LogP contribution is 2.41. The summed E-state index contributed by atoms with van der Waals surface area (Å²) in [6, 6.07) is 26.7. The Labute approximate surface area is 264 Å². The summed E-state index contributed by atoms with van der Waals surface area (Å²) in [5.41, 5.74) is 4.24. The Morgan fingerprint density at radius 1 is 0.870 bits per heavy atom. The van der Waals surface area contributed by atoms with Crippen LogP contribution in [0.5, 0.6) is 11.5 Å². The van der Waals surface area contributed by atoms with Gasteiger partial charge in [0.15, 0.2) is 16.4 Å². The molecule has 0 atom stereocenters. The van der Waals surface area contributed by atoms with Gasteiger partial charge in [0.05, 0.1) is 30.9 Å². The fraction of sp³-hybridized carbons (Fsp3) is 0.158. The molecule has 3 heterocycles. The lowest BCUT2D eigenvalue weighted by Crippen LogP contribution is -2.28. The van der Waals surface area contributed by atoms with Crippen molar-refractivity contribution in [2.24, 2.45) is 0 Å². The van der Waals surface area contributed by atoms with Crippen LogP contribution in [0.25, 0.3) is 44.5 Å². The summed E-state index contributed by atoms with van der Waals surface area (Å²) in [5.74, 6) is 0.726. The van der Waals surface area contributed by atoms with Gasteiger partial charge >= 0.3 is 0 Å². The number of para-hydroxylation sites is 2. The van der Waals surface area contributed by atoms with Crippen molar-refractivity contribution < 1.29 is 18.3 Å². The molecule has 0 bridgehead atoms. The summed E-state index contributed by atoms with van der Waals surface area (Å²) < 4.78 is 33.4. The van der Waals surface area contributed by atoms with Gasteiger partial charge in [-0.1, -0.05) is 48.5 Å². The van der Waals surface area contributed by atoms with E-state index >= 15 is 0 Å². The van der Waals surface area contributed by atoms with E-state index in [-0.39, 0.29) is 33.4 Å². The highest BCUT2D eigenvalue weighted by molar-refractivity contribution is 5.97. The topological polar surface area (TPSA) is 73.9 Å². The molecule has 7 rings (SSSR count). The second-order valence-electron chi connectivity index (χ2n) is 11.3. The molecule has 0 radical (unpaired) electrons. The van der Waals surface area contributed by atoms with Gasteiger partial charge in [-0.3, -0.25) is 14.5 Å². The van der Waals surface area contributed by atoms with E-state index in [0.29, 0.717) is 47.5 Å². The van der Waals surface area contributed by atoms with Gasteiger partial charge in [-0.2, -0.15) is 0 Å². The average Bonchev–Trinajstić information content (AvgIpc) is 3.09. The predicted molar refractivity (Wildman–Crippen MR) is 178 cm³/mol. The van der Waals surface area contributed by atoms with E-state index in [0.717, 1.165) is 28.9 Å². The van der Waals surface area contributed by atoms with E-state index in [4.69, 9.17) is 13.9 Å². The van der Waals surface area contributed by atoms with Gasteiger partial charge in [-0.15, -0.1) is 0 Å². The maximum Gasteiger partial charge on any atom is 0.200 e. The van der Waals surface area contributed by atoms with E-state index in [2.05, 4.69) is 11.0 Å². The molecular formula is C38H31FN2O5. The molecule has 7 nitrogen and oxygen atoms in total. The molecule has 4 aromatic carbocycles. The minimum Gasteiger partial charge on any atom is -0.496 e. The second-order valence-corrected chi connectivity index (χ2v) is 11.3. The third kappa shape index (κ3) is 5.26. The van der Waals surface area contributed by atoms with Gasteiger partial charge in [0.2, 0.25) is 0 Å². The number of hydrogen-bond donors (Lipinski definition) is 0. The molecule has 8 heteroatoms. The molecule has 0 amide bonds. The summed E-state index contributed by atoms with van der Waals surface area (Å²) >= 11 is 0. The van der Waals surface area contributed by atoms with Crippen molar-refractivity contribution in [1.82, 2.24) is 9.47 Å². The van der Waals surface area contributed by atoms with Crippen LogP contribution in [0.1, 0.15) is 17.5 Å². The summed E-state index contributed by atoms with van der Waals surface area (Å²) in [6.45, 7) is 2.05. The first-order valence-electron chi connectivity index (χ1n) is 15.0. The van der Waals surface area contributed by atoms with Crippen molar-refractivity contribution in [2.75, 3.05) is 27.3 Å². The Bertz CT molecular complexity index is 2240. The quantitative estimate of drug-likeness (QED) is 0.189. The van der Waals surface area contributed by atoms with Crippen molar-refractivity contribution in [1.29, 1.82) is 0 Å². The molecule has 2 aromatic heterocycles. The summed E-state index contributed by atoms with van der Waals surface area (Å²) in [4.78, 5) is 30.0. The number of ether oxygens (including phenoxy) is 2. The van der Waals surface area contributed by atoms with E-state index in [1.807, 2.05) is 53.1 Å². The van der Waals surface area contributed by atoms with Crippen LogP contribution in [-0.4, -0.2) is 36.8 Å². The summed E-state index contributed by atoms with van der Waals surface area (Å²) in [6.07, 6.45) is 4.49. The number of pyridine rings is 1. The summed E-state index contributed by atoms with van der Waals surface area (Å²) in [7, 11) is 3.06. The maximum atomic E-state index is 13.9. The molecule has 0 spiro atoms. The zero-order valence-corrected chi connectivity index (χ0v) is 25.5. The third-order valence-electron chi connectivity index (χ3n) is 8.51. The zero-order valence-electron chi connectivity index (χ0n) is 25.5. The van der Waals surface area contributed by atoms with Gasteiger partial charge in [-0.25, -0.2) is 4.39 Å². The van der Waals surface area contributed by atoms with Crippen LogP contribution >= 0.6 is 0 Å². The normalized spacial score (nSPS) is 13.6. The number of nitrogens with zero attached hydrogens (tertiary/aromatic N) is 2. The van der Waals surface area contributed by atoms with Crippen LogP contribution in [0.3, 0.4) is 0 Å². The van der Waals surface area contributed by atoms with Crippen molar-refractivity contribution >= 4 is 27.4 Å². The van der Waals surface area contributed by atoms with Crippen LogP contribution in [0.4, 0.5) is 4.39 Å². The third-order valence-corrected chi connectivity index (χ3v) is 8.51. The molecule has 0 saturated carbocycles. The SMILES string of the molecule is COc1cc(OC)c2c(=O)cc(-c3cn(-c4ccccc4)c4ccccc4c3=O)oc2c1C1=CCN(Cc2ccc(F)cc2)CC1. The second kappa shape index (κ2) is 12.1. The number of hydrogen-bond acceptors (Lipinski definition) is 6. The Kier molecular flexibility index (Phi) is 7.72. The van der Waals surface area contributed by atoms with Crippen molar-refractivity contribution in [3.63, 3.8) is 0 Å². The maximum absolute atomic E-state index is 13.9. The fourth-order valence-corrected chi connectivity index (χ4v) is 6.22. The van der Waals surface area contributed by atoms with E-state index in [9.17, 15) is 14.0 Å². The largest absolute Gasteiger partial charge is 0.496 e. The number of aromatic nitrogens is 1. The lowest BCUT2D eigenvalue weighted by Gasteiger charge is -2.27. The predicted octanol–water partition coefficient (Wildman–Crippen LogP) is 7.21. The highest BCUT2D eigenvalue weighted by atomic mass is 19.1. The van der Waals surface area contributed by atoms with Gasteiger partial charge in [0, 0.05) is 49.0 Å². The lowest BCUT2D eigenvalue weighted by molar-refractivity contribution is 0.293. The van der Waals surface area contributed by atoms with Gasteiger partial charge in [0.25, 0.3) is 0 Å². The monoisotopic (exact) mass is 614 g/mol. The Balaban J connectivity index is 1.39. The first-order valence-corrected chi connectivity index (χ1v) is 15.0. The van der Waals surface area contributed by atoms with Crippen molar-refractivity contribution in [3.05, 3.63) is 141 Å². The molecule has 0 unspecified atom stereocenters. The average molecular weight is 615 g/mol. The van der Waals surface area contributed by atoms with Crippen LogP contribution < -0.4 is 20.3 Å². The Hall–Kier alpha value is -5.47. The molecule has 0 fully saturated rings. The smallest absolute Gasteiger partial charge is 0.200 e. The van der Waals surface area contributed by atoms with Crippen LogP contribution in [0.2, 0.25) is 0 Å². The highest BCUT2D eigenvalue weighted by Gasteiger charge is 2.25. The van der Waals surface area contributed by atoms with Crippen molar-refractivity contribution in [3.8, 4) is 28.5 Å². The van der Waals surface area contributed by atoms with Crippen LogP contribution in [0.15, 0.2) is 117 Å². The van der Waals surface area contributed by atoms with E-state index in [1.165, 1.54) is 25.3 Å². The van der Waals surface area contributed by atoms with Crippen molar-refractivity contribution in [2.45, 2.75) is 13.0 Å². The van der Waals surface area contributed by atoms with Gasteiger partial charge in [0.1, 0.15) is 28.5 Å². The zero-order chi connectivity index (χ0) is 31.8. The molecule has 0 N–H and O–H groups in total. The minimum absolute atomic E-state index is 0.156. The first kappa shape index (κ1) is 29.3. The van der Waals surface area contributed by atoms with Gasteiger partial charge in [-0.05, 0) is 54.0 Å². The number of fused-ring (bicyclic) bond motifs is 2. The minimum atomic E-state index is -0.329. The molecule has 0 saturated heterocycles. The van der Waals surface area contributed by atoms with E-state index < -0.39 is 0 Å². The molecule has 46 heavy (non-hydrogen) atoms. The molecule has 1 aliphatic rings. The number of rotatable bonds is 7. The van der Waals surface area contributed by atoms with Gasteiger partial charge < -0.3 is 18.5 Å². The molecular weight excluding hydrogens is 583 g/mol. The Morgan fingerprint density at radius 3 is 2.33 bits per heavy atom. The molecule has 230 valence electrons. The van der Waals surface area contributed by atoms with Crippen LogP contribution in [-0.2, 0) is 6.54 Å². The lowest BCUT2D eigenvalue weighted by atomic mass is 9.95. The van der Waals surface area contributed by atoms with E-state index in [1.54, 1.807) is 37.6 Å². The molecule has 1 aliphatic heterocycles. The molecule has 0 aliphatic carbocycles. The van der Waals surface area contributed by atoms with Crippen LogP contribution in [0, 0.1) is 5.82 Å². The Morgan fingerprint density at radius 2 is 1.61 bits per heavy atom. The summed E-state index contributed by atoms with van der Waals surface area (Å²) in [5, 5.41) is 0.784.